The molecule has 140 valence electrons. The first kappa shape index (κ1) is 18.6. The van der Waals surface area contributed by atoms with E-state index in [0.717, 1.165) is 17.7 Å². The molecule has 1 atom stereocenters. The number of ether oxygens (including phenoxy) is 2. The zero-order valence-electron chi connectivity index (χ0n) is 15.8. The Kier molecular flexibility index (Phi) is 3.87. The summed E-state index contributed by atoms with van der Waals surface area (Å²) >= 11 is 0. The molecule has 0 amide bonds. The van der Waals surface area contributed by atoms with E-state index < -0.39 is 34.3 Å². The predicted molar refractivity (Wildman–Crippen MR) is 94.7 cm³/mol. The Labute approximate surface area is 153 Å². The lowest BCUT2D eigenvalue weighted by atomic mass is 9.67. The molecule has 26 heavy (non-hydrogen) atoms. The van der Waals surface area contributed by atoms with Crippen LogP contribution in [0, 0.1) is 12.3 Å². The van der Waals surface area contributed by atoms with Crippen molar-refractivity contribution in [3.8, 4) is 0 Å². The minimum absolute atomic E-state index is 0.188. The van der Waals surface area contributed by atoms with Crippen LogP contribution in [0.15, 0.2) is 30.4 Å². The lowest BCUT2D eigenvalue weighted by molar-refractivity contribution is -0.295. The summed E-state index contributed by atoms with van der Waals surface area (Å²) in [7, 11) is 0. The van der Waals surface area contributed by atoms with Gasteiger partial charge in [-0.1, -0.05) is 23.8 Å². The number of carbonyl (C=O) groups is 2. The number of hydrogen-bond acceptors (Lipinski definition) is 6. The van der Waals surface area contributed by atoms with Crippen molar-refractivity contribution in [2.75, 3.05) is 0 Å². The van der Waals surface area contributed by atoms with Crippen LogP contribution in [0.3, 0.4) is 0 Å². The minimum Gasteiger partial charge on any atom is -0.414 e. The van der Waals surface area contributed by atoms with E-state index in [2.05, 4.69) is 0 Å². The van der Waals surface area contributed by atoms with E-state index in [9.17, 15) is 14.7 Å². The fourth-order valence-corrected chi connectivity index (χ4v) is 4.08. The SMILES string of the molecule is Cc1ccc2c(c1)C(O)(CC(C)(C)N)C(C)(C)C21OC(=O)C=CC(=O)O1. The summed E-state index contributed by atoms with van der Waals surface area (Å²) in [6.45, 7) is 8.97. The van der Waals surface area contributed by atoms with Crippen LogP contribution >= 0.6 is 0 Å². The molecular formula is C20H25NO5. The van der Waals surface area contributed by atoms with Gasteiger partial charge in [-0.25, -0.2) is 9.59 Å². The van der Waals surface area contributed by atoms with Crippen molar-refractivity contribution in [2.45, 2.75) is 58.0 Å². The Morgan fingerprint density at radius 1 is 1.08 bits per heavy atom. The maximum atomic E-state index is 12.2. The number of nitrogens with two attached hydrogens (primary N) is 1. The molecular weight excluding hydrogens is 334 g/mol. The minimum atomic E-state index is -1.74. The standard InChI is InChI=1S/C20H25NO5/c1-12-6-7-13-14(10-12)19(24,11-17(2,3)21)18(4,5)20(13)25-15(22)8-9-16(23)26-20/h6-10,24H,11,21H2,1-5H3. The highest BCUT2D eigenvalue weighted by molar-refractivity contribution is 5.93. The number of carbonyl (C=O) groups excluding carboxylic acids is 2. The quantitative estimate of drug-likeness (QED) is 0.785. The molecule has 1 heterocycles. The summed E-state index contributed by atoms with van der Waals surface area (Å²) in [5, 5.41) is 11.8. The molecule has 6 nitrogen and oxygen atoms in total. The second-order valence-corrected chi connectivity index (χ2v) is 8.49. The molecule has 1 aromatic carbocycles. The third-order valence-corrected chi connectivity index (χ3v) is 5.39. The summed E-state index contributed by atoms with van der Waals surface area (Å²) in [5.74, 6) is -3.15. The third kappa shape index (κ3) is 2.47. The van der Waals surface area contributed by atoms with Gasteiger partial charge in [0.15, 0.2) is 0 Å². The third-order valence-electron chi connectivity index (χ3n) is 5.39. The van der Waals surface area contributed by atoms with E-state index in [0.29, 0.717) is 11.1 Å². The molecule has 3 rings (SSSR count). The fraction of sp³-hybridized carbons (Fsp3) is 0.500. The second-order valence-electron chi connectivity index (χ2n) is 8.49. The molecule has 0 saturated heterocycles. The van der Waals surface area contributed by atoms with E-state index in [-0.39, 0.29) is 6.42 Å². The number of aryl methyl sites for hydroxylation is 1. The monoisotopic (exact) mass is 359 g/mol. The van der Waals surface area contributed by atoms with Crippen LogP contribution in [0.4, 0.5) is 0 Å². The van der Waals surface area contributed by atoms with E-state index >= 15 is 0 Å². The maximum absolute atomic E-state index is 12.2. The number of rotatable bonds is 2. The average molecular weight is 359 g/mol. The molecule has 1 spiro atoms. The molecule has 0 fully saturated rings. The van der Waals surface area contributed by atoms with Gasteiger partial charge in [0.05, 0.1) is 5.41 Å². The Bertz CT molecular complexity index is 798. The zero-order valence-corrected chi connectivity index (χ0v) is 15.8. The van der Waals surface area contributed by atoms with Crippen molar-refractivity contribution < 1.29 is 24.2 Å². The van der Waals surface area contributed by atoms with Gasteiger partial charge in [-0.2, -0.15) is 0 Å². The van der Waals surface area contributed by atoms with Crippen molar-refractivity contribution >= 4 is 11.9 Å². The summed E-state index contributed by atoms with van der Waals surface area (Å²) in [6, 6.07) is 5.40. The lowest BCUT2D eigenvalue weighted by Gasteiger charge is -2.47. The van der Waals surface area contributed by atoms with Crippen LogP contribution in [0.2, 0.25) is 0 Å². The highest BCUT2D eigenvalue weighted by Crippen LogP contribution is 2.64. The fourth-order valence-electron chi connectivity index (χ4n) is 4.08. The molecule has 0 radical (unpaired) electrons. The first-order chi connectivity index (χ1) is 11.8. The molecule has 6 heteroatoms. The van der Waals surface area contributed by atoms with Crippen molar-refractivity contribution in [1.82, 2.24) is 0 Å². The summed E-state index contributed by atoms with van der Waals surface area (Å²) < 4.78 is 11.3. The molecule has 1 aliphatic carbocycles. The molecule has 0 bridgehead atoms. The van der Waals surface area contributed by atoms with Gasteiger partial charge >= 0.3 is 11.9 Å². The van der Waals surface area contributed by atoms with Crippen LogP contribution in [-0.4, -0.2) is 22.6 Å². The van der Waals surface area contributed by atoms with Crippen molar-refractivity contribution in [3.63, 3.8) is 0 Å². The maximum Gasteiger partial charge on any atom is 0.334 e. The number of hydrogen-bond donors (Lipinski definition) is 2. The van der Waals surface area contributed by atoms with E-state index in [1.54, 1.807) is 19.9 Å². The zero-order chi connectivity index (χ0) is 19.5. The van der Waals surface area contributed by atoms with Crippen molar-refractivity contribution in [2.24, 2.45) is 11.1 Å². The van der Waals surface area contributed by atoms with Gasteiger partial charge < -0.3 is 20.3 Å². The van der Waals surface area contributed by atoms with Gasteiger partial charge in [-0.3, -0.25) is 0 Å². The summed E-state index contributed by atoms with van der Waals surface area (Å²) in [6.07, 6.45) is 2.25. The smallest absolute Gasteiger partial charge is 0.334 e. The summed E-state index contributed by atoms with van der Waals surface area (Å²) in [4.78, 5) is 24.4. The van der Waals surface area contributed by atoms with Crippen molar-refractivity contribution in [3.05, 3.63) is 47.0 Å². The molecule has 1 aliphatic heterocycles. The number of benzene rings is 1. The largest absolute Gasteiger partial charge is 0.414 e. The Hall–Kier alpha value is -2.18. The van der Waals surface area contributed by atoms with Crippen LogP contribution in [0.25, 0.3) is 0 Å². The van der Waals surface area contributed by atoms with Gasteiger partial charge in [0.2, 0.25) is 0 Å². The van der Waals surface area contributed by atoms with Crippen LogP contribution in [0.1, 0.15) is 50.8 Å². The van der Waals surface area contributed by atoms with Crippen LogP contribution < -0.4 is 5.73 Å². The number of aliphatic hydroxyl groups is 1. The number of fused-ring (bicyclic) bond motifs is 2. The highest BCUT2D eigenvalue weighted by Gasteiger charge is 2.71. The molecule has 0 saturated carbocycles. The van der Waals surface area contributed by atoms with E-state index in [1.165, 1.54) is 0 Å². The predicted octanol–water partition coefficient (Wildman–Crippen LogP) is 2.16. The normalized spacial score (nSPS) is 26.3. The second kappa shape index (κ2) is 5.41. The van der Waals surface area contributed by atoms with Crippen LogP contribution in [0.5, 0.6) is 0 Å². The van der Waals surface area contributed by atoms with Crippen molar-refractivity contribution in [1.29, 1.82) is 0 Å². The van der Waals surface area contributed by atoms with Gasteiger partial charge in [-0.05, 0) is 46.6 Å². The van der Waals surface area contributed by atoms with Gasteiger partial charge in [0.1, 0.15) is 5.60 Å². The average Bonchev–Trinajstić information content (AvgIpc) is 2.60. The Morgan fingerprint density at radius 2 is 1.62 bits per heavy atom. The molecule has 2 aliphatic rings. The topological polar surface area (TPSA) is 98.9 Å². The molecule has 1 aromatic rings. The van der Waals surface area contributed by atoms with E-state index in [1.807, 2.05) is 32.9 Å². The summed E-state index contributed by atoms with van der Waals surface area (Å²) in [5.41, 5.74) is 4.82. The van der Waals surface area contributed by atoms with E-state index in [4.69, 9.17) is 15.2 Å². The first-order valence-electron chi connectivity index (χ1n) is 8.59. The molecule has 1 unspecified atom stereocenters. The number of esters is 2. The first-order valence-corrected chi connectivity index (χ1v) is 8.59. The highest BCUT2D eigenvalue weighted by atomic mass is 16.7. The lowest BCUT2D eigenvalue weighted by Crippen LogP contribution is -2.55. The Balaban J connectivity index is 2.31. The Morgan fingerprint density at radius 3 is 2.12 bits per heavy atom. The van der Waals surface area contributed by atoms with Gasteiger partial charge in [0.25, 0.3) is 5.79 Å². The molecule has 0 aromatic heterocycles. The van der Waals surface area contributed by atoms with Gasteiger partial charge in [-0.15, -0.1) is 0 Å². The molecule has 3 N–H and O–H groups in total. The van der Waals surface area contributed by atoms with Crippen LogP contribution in [-0.2, 0) is 30.5 Å². The van der Waals surface area contributed by atoms with Gasteiger partial charge in [0, 0.05) is 23.3 Å².